The van der Waals surface area contributed by atoms with Crippen LogP contribution >= 0.6 is 0 Å². The monoisotopic (exact) mass is 300 g/mol. The predicted molar refractivity (Wildman–Crippen MR) is 77.0 cm³/mol. The molecular weight excluding hydrogens is 278 g/mol. The highest BCUT2D eigenvalue weighted by Crippen LogP contribution is 2.24. The van der Waals surface area contributed by atoms with Crippen LogP contribution in [0.5, 0.6) is 0 Å². The fourth-order valence-corrected chi connectivity index (χ4v) is 1.75. The number of nitrogens with one attached hydrogen (secondary N) is 1. The Morgan fingerprint density at radius 3 is 2.33 bits per heavy atom. The number of alkyl carbamates (subject to hydrolysis) is 1. The Labute approximate surface area is 123 Å². The number of rotatable bonds is 4. The van der Waals surface area contributed by atoms with Gasteiger partial charge in [0.25, 0.3) is 0 Å². The van der Waals surface area contributed by atoms with Crippen molar-refractivity contribution in [2.75, 3.05) is 13.1 Å². The van der Waals surface area contributed by atoms with Gasteiger partial charge in [0.15, 0.2) is 11.6 Å². The molecule has 0 saturated heterocycles. The molecule has 3 N–H and O–H groups in total. The van der Waals surface area contributed by atoms with E-state index in [4.69, 9.17) is 10.5 Å². The summed E-state index contributed by atoms with van der Waals surface area (Å²) in [5.74, 6) is -1.86. The summed E-state index contributed by atoms with van der Waals surface area (Å²) in [4.78, 5) is 11.7. The number of ether oxygens (including phenoxy) is 1. The molecule has 1 unspecified atom stereocenters. The molecule has 0 radical (unpaired) electrons. The van der Waals surface area contributed by atoms with Crippen molar-refractivity contribution < 1.29 is 18.3 Å². The molecule has 118 valence electrons. The second-order valence-electron chi connectivity index (χ2n) is 6.25. The molecule has 0 heterocycles. The number of nitrogens with two attached hydrogens (primary N) is 1. The van der Waals surface area contributed by atoms with E-state index in [0.717, 1.165) is 12.1 Å². The number of benzene rings is 1. The molecule has 1 aromatic carbocycles. The zero-order valence-electron chi connectivity index (χ0n) is 12.8. The summed E-state index contributed by atoms with van der Waals surface area (Å²) in [7, 11) is 0. The standard InChI is InChI=1S/C15H22F2N2O2/c1-14(2,3)21-13(20)19-9-15(4,8-18)10-5-6-11(16)12(17)7-10/h5-7H,8-9,18H2,1-4H3,(H,19,20). The van der Waals surface area contributed by atoms with Gasteiger partial charge in [-0.15, -0.1) is 0 Å². The Balaban J connectivity index is 2.80. The minimum atomic E-state index is -0.940. The van der Waals surface area contributed by atoms with Crippen LogP contribution in [0.2, 0.25) is 0 Å². The van der Waals surface area contributed by atoms with Crippen LogP contribution in [-0.2, 0) is 10.2 Å². The van der Waals surface area contributed by atoms with Gasteiger partial charge in [0, 0.05) is 18.5 Å². The average molecular weight is 300 g/mol. The molecule has 1 aromatic rings. The average Bonchev–Trinajstić information content (AvgIpc) is 2.37. The zero-order valence-corrected chi connectivity index (χ0v) is 12.8. The molecule has 0 spiro atoms. The normalized spacial score (nSPS) is 14.4. The number of carbonyl (C=O) groups is 1. The maximum absolute atomic E-state index is 13.3. The SMILES string of the molecule is CC(C)(C)OC(=O)NCC(C)(CN)c1ccc(F)c(F)c1. The van der Waals surface area contributed by atoms with Crippen LogP contribution in [0.1, 0.15) is 33.3 Å². The highest BCUT2D eigenvalue weighted by atomic mass is 19.2. The van der Waals surface area contributed by atoms with Crippen molar-refractivity contribution in [2.45, 2.75) is 38.7 Å². The van der Waals surface area contributed by atoms with E-state index in [1.54, 1.807) is 27.7 Å². The number of amides is 1. The third-order valence-electron chi connectivity index (χ3n) is 3.09. The summed E-state index contributed by atoms with van der Waals surface area (Å²) in [6.45, 7) is 7.34. The summed E-state index contributed by atoms with van der Waals surface area (Å²) < 4.78 is 31.5. The van der Waals surface area contributed by atoms with Gasteiger partial charge in [0.1, 0.15) is 5.60 Å². The largest absolute Gasteiger partial charge is 0.444 e. The van der Waals surface area contributed by atoms with Crippen LogP contribution in [0.4, 0.5) is 13.6 Å². The first kappa shape index (κ1) is 17.4. The lowest BCUT2D eigenvalue weighted by atomic mass is 9.82. The van der Waals surface area contributed by atoms with Crippen molar-refractivity contribution in [2.24, 2.45) is 5.73 Å². The first-order valence-electron chi connectivity index (χ1n) is 6.70. The number of hydrogen-bond donors (Lipinski definition) is 2. The van der Waals surface area contributed by atoms with Gasteiger partial charge in [-0.25, -0.2) is 13.6 Å². The van der Waals surface area contributed by atoms with Crippen molar-refractivity contribution in [3.63, 3.8) is 0 Å². The first-order valence-corrected chi connectivity index (χ1v) is 6.70. The Morgan fingerprint density at radius 1 is 1.24 bits per heavy atom. The van der Waals surface area contributed by atoms with E-state index < -0.39 is 28.7 Å². The molecule has 0 aromatic heterocycles. The number of halogens is 2. The lowest BCUT2D eigenvalue weighted by Crippen LogP contribution is -2.45. The Morgan fingerprint density at radius 2 is 1.86 bits per heavy atom. The Hall–Kier alpha value is -1.69. The van der Waals surface area contributed by atoms with Gasteiger partial charge < -0.3 is 15.8 Å². The minimum absolute atomic E-state index is 0.156. The quantitative estimate of drug-likeness (QED) is 0.898. The highest BCUT2D eigenvalue weighted by molar-refractivity contribution is 5.67. The maximum atomic E-state index is 13.3. The van der Waals surface area contributed by atoms with E-state index >= 15 is 0 Å². The third-order valence-corrected chi connectivity index (χ3v) is 3.09. The third kappa shape index (κ3) is 4.97. The summed E-state index contributed by atoms with van der Waals surface area (Å²) in [6, 6.07) is 3.60. The van der Waals surface area contributed by atoms with Crippen molar-refractivity contribution in [3.8, 4) is 0 Å². The van der Waals surface area contributed by atoms with Gasteiger partial charge >= 0.3 is 6.09 Å². The molecule has 1 amide bonds. The molecule has 0 aliphatic heterocycles. The van der Waals surface area contributed by atoms with Gasteiger partial charge in [-0.2, -0.15) is 0 Å². The Kier molecular flexibility index (Phi) is 5.28. The van der Waals surface area contributed by atoms with Crippen LogP contribution < -0.4 is 11.1 Å². The molecule has 21 heavy (non-hydrogen) atoms. The first-order chi connectivity index (χ1) is 9.57. The van der Waals surface area contributed by atoms with Gasteiger partial charge in [-0.3, -0.25) is 0 Å². The second kappa shape index (κ2) is 6.39. The van der Waals surface area contributed by atoms with E-state index in [-0.39, 0.29) is 13.1 Å². The van der Waals surface area contributed by atoms with Crippen LogP contribution in [0.15, 0.2) is 18.2 Å². The minimum Gasteiger partial charge on any atom is -0.444 e. The van der Waals surface area contributed by atoms with E-state index in [9.17, 15) is 13.6 Å². The van der Waals surface area contributed by atoms with Gasteiger partial charge in [0.05, 0.1) is 0 Å². The molecule has 1 atom stereocenters. The fraction of sp³-hybridized carbons (Fsp3) is 0.533. The van der Waals surface area contributed by atoms with Crippen molar-refractivity contribution in [3.05, 3.63) is 35.4 Å². The molecule has 0 saturated carbocycles. The molecule has 4 nitrogen and oxygen atoms in total. The zero-order chi connectivity index (χ0) is 16.3. The lowest BCUT2D eigenvalue weighted by molar-refractivity contribution is 0.0516. The lowest BCUT2D eigenvalue weighted by Gasteiger charge is -2.29. The van der Waals surface area contributed by atoms with E-state index in [1.807, 2.05) is 0 Å². The smallest absolute Gasteiger partial charge is 0.407 e. The van der Waals surface area contributed by atoms with Crippen LogP contribution in [0, 0.1) is 11.6 Å². The molecular formula is C15H22F2N2O2. The van der Waals surface area contributed by atoms with Crippen LogP contribution in [0.25, 0.3) is 0 Å². The van der Waals surface area contributed by atoms with Crippen LogP contribution in [-0.4, -0.2) is 24.8 Å². The highest BCUT2D eigenvalue weighted by Gasteiger charge is 2.28. The summed E-state index contributed by atoms with van der Waals surface area (Å²) in [5.41, 5.74) is 4.92. The Bertz CT molecular complexity index is 515. The summed E-state index contributed by atoms with van der Waals surface area (Å²) in [5, 5.41) is 2.61. The predicted octanol–water partition coefficient (Wildman–Crippen LogP) is 2.71. The molecule has 0 fully saturated rings. The number of hydrogen-bond acceptors (Lipinski definition) is 3. The topological polar surface area (TPSA) is 64.3 Å². The van der Waals surface area contributed by atoms with Crippen LogP contribution in [0.3, 0.4) is 0 Å². The molecule has 0 bridgehead atoms. The molecule has 1 rings (SSSR count). The summed E-state index contributed by atoms with van der Waals surface area (Å²) in [6.07, 6.45) is -0.579. The van der Waals surface area contributed by atoms with E-state index in [2.05, 4.69) is 5.32 Å². The van der Waals surface area contributed by atoms with Crippen molar-refractivity contribution >= 4 is 6.09 Å². The van der Waals surface area contributed by atoms with Crippen molar-refractivity contribution in [1.82, 2.24) is 5.32 Å². The summed E-state index contributed by atoms with van der Waals surface area (Å²) >= 11 is 0. The fourth-order valence-electron chi connectivity index (χ4n) is 1.75. The van der Waals surface area contributed by atoms with Gasteiger partial charge in [0.2, 0.25) is 0 Å². The second-order valence-corrected chi connectivity index (χ2v) is 6.25. The maximum Gasteiger partial charge on any atom is 0.407 e. The van der Waals surface area contributed by atoms with Crippen molar-refractivity contribution in [1.29, 1.82) is 0 Å². The molecule has 6 heteroatoms. The number of carbonyl (C=O) groups excluding carboxylic acids is 1. The van der Waals surface area contributed by atoms with E-state index in [0.29, 0.717) is 5.56 Å². The van der Waals surface area contributed by atoms with Gasteiger partial charge in [-0.1, -0.05) is 13.0 Å². The molecule has 0 aliphatic rings. The molecule has 0 aliphatic carbocycles. The van der Waals surface area contributed by atoms with Gasteiger partial charge in [-0.05, 0) is 38.5 Å². The van der Waals surface area contributed by atoms with E-state index in [1.165, 1.54) is 6.07 Å².